The minimum atomic E-state index is -0.421. The Morgan fingerprint density at radius 2 is 2.08 bits per heavy atom. The molecule has 0 atom stereocenters. The summed E-state index contributed by atoms with van der Waals surface area (Å²) < 4.78 is 15.4. The average molecular weight is 421 g/mol. The number of hydrogen-bond acceptors (Lipinski definition) is 6. The molecule has 0 spiro atoms. The van der Waals surface area contributed by atoms with Gasteiger partial charge in [-0.1, -0.05) is 13.8 Å². The third-order valence-corrected chi connectivity index (χ3v) is 4.73. The predicted octanol–water partition coefficient (Wildman–Crippen LogP) is 3.43. The molecule has 1 heterocycles. The lowest BCUT2D eigenvalue weighted by Crippen LogP contribution is -2.39. The largest absolute Gasteiger partial charge is 0.290 e. The van der Waals surface area contributed by atoms with Crippen molar-refractivity contribution in [2.75, 3.05) is 13.1 Å². The normalized spacial score (nSPS) is 16.3. The lowest BCUT2D eigenvalue weighted by atomic mass is 9.93. The number of hydrogen-bond donors (Lipinski definition) is 3. The zero-order chi connectivity index (χ0) is 18.1. The Hall–Kier alpha value is -1.00. The highest BCUT2D eigenvalue weighted by Gasteiger charge is 2.28. The number of nitrogens with one attached hydrogen (secondary N) is 1. The minimum absolute atomic E-state index is 0.141. The van der Waals surface area contributed by atoms with E-state index in [1.165, 1.54) is 30.3 Å². The molecule has 9 heteroatoms. The van der Waals surface area contributed by atoms with Gasteiger partial charge in [0.2, 0.25) is 5.78 Å². The number of benzene rings is 1. The van der Waals surface area contributed by atoms with Gasteiger partial charge in [-0.25, -0.2) is 19.2 Å². The Morgan fingerprint density at radius 3 is 2.58 bits per heavy atom. The number of rotatable bonds is 4. The second-order valence-electron chi connectivity index (χ2n) is 4.84. The molecule has 0 bridgehead atoms. The fourth-order valence-corrected chi connectivity index (χ4v) is 3.02. The van der Waals surface area contributed by atoms with Gasteiger partial charge in [0.15, 0.2) is 5.84 Å². The van der Waals surface area contributed by atoms with E-state index in [2.05, 4.69) is 20.9 Å². The lowest BCUT2D eigenvalue weighted by Gasteiger charge is -2.28. The van der Waals surface area contributed by atoms with E-state index >= 15 is 0 Å². The van der Waals surface area contributed by atoms with Gasteiger partial charge >= 0.3 is 0 Å². The molecule has 0 aliphatic carbocycles. The van der Waals surface area contributed by atoms with Gasteiger partial charge in [-0.3, -0.25) is 15.1 Å². The second-order valence-corrected chi connectivity index (χ2v) is 6.43. The fraction of sp³-hybridized carbons (Fsp3) is 0.467. The van der Waals surface area contributed by atoms with Crippen LogP contribution in [0.25, 0.3) is 0 Å². The highest BCUT2D eigenvalue weighted by Crippen LogP contribution is 2.24. The number of halogens is 2. The van der Waals surface area contributed by atoms with Crippen molar-refractivity contribution in [3.63, 3.8) is 0 Å². The van der Waals surface area contributed by atoms with E-state index in [0.29, 0.717) is 31.6 Å². The molecule has 134 valence electrons. The van der Waals surface area contributed by atoms with Crippen LogP contribution in [-0.2, 0) is 4.79 Å². The van der Waals surface area contributed by atoms with Gasteiger partial charge in [0.1, 0.15) is 5.82 Å². The number of carbonyl (C=O) groups is 1. The first-order valence-electron chi connectivity index (χ1n) is 7.65. The van der Waals surface area contributed by atoms with Crippen LogP contribution in [-0.4, -0.2) is 34.2 Å². The first-order chi connectivity index (χ1) is 11.5. The van der Waals surface area contributed by atoms with E-state index in [1.807, 2.05) is 23.6 Å². The number of aliphatic imine (C=N–C) groups is 1. The van der Waals surface area contributed by atoms with Crippen molar-refractivity contribution in [2.45, 2.75) is 26.7 Å². The molecule has 1 aromatic rings. The molecule has 1 aliphatic heterocycles. The highest BCUT2D eigenvalue weighted by molar-refractivity contribution is 9.10. The highest BCUT2D eigenvalue weighted by atomic mass is 79.9. The molecule has 1 aromatic carbocycles. The van der Waals surface area contributed by atoms with Gasteiger partial charge in [-0.05, 0) is 47.0 Å². The fourth-order valence-electron chi connectivity index (χ4n) is 2.24. The zero-order valence-electron chi connectivity index (χ0n) is 13.6. The van der Waals surface area contributed by atoms with Crippen LogP contribution in [0.3, 0.4) is 0 Å². The Bertz CT molecular complexity index is 581. The summed E-state index contributed by atoms with van der Waals surface area (Å²) in [6, 6.07) is 4.10. The van der Waals surface area contributed by atoms with Crippen molar-refractivity contribution < 1.29 is 14.4 Å². The maximum atomic E-state index is 13.2. The van der Waals surface area contributed by atoms with Crippen LogP contribution >= 0.6 is 28.1 Å². The molecule has 1 aliphatic rings. The number of carbonyl (C=O) groups excluding carboxylic acids is 1. The number of ketones is 1. The van der Waals surface area contributed by atoms with Crippen molar-refractivity contribution in [1.29, 1.82) is 0 Å². The first kappa shape index (κ1) is 21.0. The minimum Gasteiger partial charge on any atom is -0.290 e. The zero-order valence-corrected chi connectivity index (χ0v) is 16.0. The van der Waals surface area contributed by atoms with Crippen molar-refractivity contribution in [1.82, 2.24) is 9.79 Å². The van der Waals surface area contributed by atoms with Crippen LogP contribution < -0.4 is 10.6 Å². The average Bonchev–Trinajstić information content (AvgIpc) is 2.63. The number of nitrogens with zero attached hydrogens (tertiary/aromatic N) is 2. The summed E-state index contributed by atoms with van der Waals surface area (Å²) in [6.07, 6.45) is 1.30. The predicted molar refractivity (Wildman–Crippen MR) is 98.5 cm³/mol. The number of nitrogens with two attached hydrogens (primary N) is 1. The monoisotopic (exact) mass is 420 g/mol. The summed E-state index contributed by atoms with van der Waals surface area (Å²) in [4.78, 5) is 16.4. The molecule has 1 fully saturated rings. The number of piperidine rings is 1. The second kappa shape index (κ2) is 10.8. The summed E-state index contributed by atoms with van der Waals surface area (Å²) in [5, 5.41) is 14.7. The molecular weight excluding hydrogens is 399 g/mol. The maximum Gasteiger partial charge on any atom is 0.203 e. The molecule has 4 N–H and O–H groups in total. The SMILES string of the molecule is CC.NSN1CCC(C(=O)C(=Nc2ccc(F)c(Br)c2)NO)CC1. The lowest BCUT2D eigenvalue weighted by molar-refractivity contribution is -0.118. The number of hydroxylamine groups is 1. The van der Waals surface area contributed by atoms with E-state index < -0.39 is 5.82 Å². The topological polar surface area (TPSA) is 91.0 Å². The van der Waals surface area contributed by atoms with Crippen LogP contribution in [0.2, 0.25) is 0 Å². The molecule has 0 unspecified atom stereocenters. The number of amidine groups is 1. The number of Topliss-reactive ketones (excluding diaryl/α,β-unsaturated/α-hetero) is 1. The van der Waals surface area contributed by atoms with E-state index in [0.717, 1.165) is 0 Å². The summed E-state index contributed by atoms with van der Waals surface area (Å²) >= 11 is 4.22. The Morgan fingerprint density at radius 1 is 1.46 bits per heavy atom. The van der Waals surface area contributed by atoms with Crippen molar-refractivity contribution in [3.8, 4) is 0 Å². The van der Waals surface area contributed by atoms with E-state index in [1.54, 1.807) is 0 Å². The summed E-state index contributed by atoms with van der Waals surface area (Å²) in [6.45, 7) is 5.41. The van der Waals surface area contributed by atoms with Gasteiger partial charge in [0.05, 0.1) is 10.2 Å². The Labute approximate surface area is 154 Å². The molecule has 6 nitrogen and oxygen atoms in total. The Kier molecular flexibility index (Phi) is 9.45. The van der Waals surface area contributed by atoms with Crippen LogP contribution in [0.4, 0.5) is 10.1 Å². The van der Waals surface area contributed by atoms with Gasteiger partial charge in [0.25, 0.3) is 0 Å². The van der Waals surface area contributed by atoms with Crippen LogP contribution in [0, 0.1) is 11.7 Å². The van der Waals surface area contributed by atoms with E-state index in [-0.39, 0.29) is 22.0 Å². The smallest absolute Gasteiger partial charge is 0.203 e. The van der Waals surface area contributed by atoms with Crippen molar-refractivity contribution in [2.24, 2.45) is 16.0 Å². The van der Waals surface area contributed by atoms with Crippen molar-refractivity contribution in [3.05, 3.63) is 28.5 Å². The van der Waals surface area contributed by atoms with Crippen LogP contribution in [0.15, 0.2) is 27.7 Å². The van der Waals surface area contributed by atoms with E-state index in [4.69, 9.17) is 5.14 Å². The first-order valence-corrected chi connectivity index (χ1v) is 9.28. The third-order valence-electron chi connectivity index (χ3n) is 3.46. The van der Waals surface area contributed by atoms with Crippen LogP contribution in [0.1, 0.15) is 26.7 Å². The molecule has 0 radical (unpaired) electrons. The molecular formula is C15H22BrFN4O2S. The summed E-state index contributed by atoms with van der Waals surface area (Å²) in [5.74, 6) is -1.04. The van der Waals surface area contributed by atoms with E-state index in [9.17, 15) is 14.4 Å². The molecule has 0 saturated carbocycles. The molecule has 0 aromatic heterocycles. The standard InChI is InChI=1S/C13H16BrFN4O2S.C2H6/c14-10-7-9(1-2-11(10)15)17-13(18-21)12(20)8-3-5-19(22-16)6-4-8;1-2/h1-2,7-8,21H,3-6,16H2,(H,17,18);1-2H3. The van der Waals surface area contributed by atoms with Gasteiger partial charge in [-0.2, -0.15) is 0 Å². The molecule has 1 saturated heterocycles. The van der Waals surface area contributed by atoms with Gasteiger partial charge in [0, 0.05) is 31.1 Å². The van der Waals surface area contributed by atoms with Gasteiger partial charge in [-0.15, -0.1) is 0 Å². The summed E-state index contributed by atoms with van der Waals surface area (Å²) in [5.41, 5.74) is 2.22. The van der Waals surface area contributed by atoms with Crippen molar-refractivity contribution >= 4 is 45.4 Å². The Balaban J connectivity index is 0.00000139. The van der Waals surface area contributed by atoms with Crippen LogP contribution in [0.5, 0.6) is 0 Å². The summed E-state index contributed by atoms with van der Waals surface area (Å²) in [7, 11) is 0. The molecule has 2 rings (SSSR count). The maximum absolute atomic E-state index is 13.2. The molecule has 0 amide bonds. The van der Waals surface area contributed by atoms with Gasteiger partial charge < -0.3 is 0 Å². The molecule has 24 heavy (non-hydrogen) atoms. The quantitative estimate of drug-likeness (QED) is 0.299. The third kappa shape index (κ3) is 5.82.